The quantitative estimate of drug-likeness (QED) is 0.862. The summed E-state index contributed by atoms with van der Waals surface area (Å²) in [6.45, 7) is 0. The van der Waals surface area contributed by atoms with E-state index in [2.05, 4.69) is 51.8 Å². The average Bonchev–Trinajstić information content (AvgIpc) is 2.78. The summed E-state index contributed by atoms with van der Waals surface area (Å²) < 4.78 is 6.51. The van der Waals surface area contributed by atoms with Gasteiger partial charge in [-0.1, -0.05) is 12.1 Å². The van der Waals surface area contributed by atoms with E-state index in [1.807, 2.05) is 13.1 Å². The topological polar surface area (TPSA) is 25.2 Å². The molecular formula is C13H14BrNOS. The first kappa shape index (κ1) is 12.7. The number of benzene rings is 1. The first-order valence-corrected chi connectivity index (χ1v) is 7.32. The minimum atomic E-state index is 0.0790. The van der Waals surface area contributed by atoms with Gasteiger partial charge in [-0.15, -0.1) is 11.8 Å². The van der Waals surface area contributed by atoms with E-state index in [-0.39, 0.29) is 6.04 Å². The highest BCUT2D eigenvalue weighted by molar-refractivity contribution is 9.10. The fourth-order valence-electron chi connectivity index (χ4n) is 1.76. The van der Waals surface area contributed by atoms with E-state index in [0.717, 1.165) is 10.2 Å². The van der Waals surface area contributed by atoms with Gasteiger partial charge in [0, 0.05) is 4.90 Å². The molecule has 1 heterocycles. The first-order chi connectivity index (χ1) is 8.26. The maximum Gasteiger partial charge on any atom is 0.139 e. The second kappa shape index (κ2) is 5.76. The van der Waals surface area contributed by atoms with Gasteiger partial charge in [-0.25, -0.2) is 0 Å². The summed E-state index contributed by atoms with van der Waals surface area (Å²) in [5, 5.41) is 3.27. The van der Waals surface area contributed by atoms with E-state index in [1.165, 1.54) is 10.5 Å². The van der Waals surface area contributed by atoms with Gasteiger partial charge in [0.1, 0.15) is 5.76 Å². The van der Waals surface area contributed by atoms with Crippen molar-refractivity contribution in [1.82, 2.24) is 5.32 Å². The molecule has 1 atom stereocenters. The minimum absolute atomic E-state index is 0.0790. The number of rotatable bonds is 4. The zero-order valence-electron chi connectivity index (χ0n) is 9.74. The predicted octanol–water partition coefficient (Wildman–Crippen LogP) is 4.07. The summed E-state index contributed by atoms with van der Waals surface area (Å²) in [6, 6.07) is 10.5. The predicted molar refractivity (Wildman–Crippen MR) is 75.5 cm³/mol. The van der Waals surface area contributed by atoms with Crippen molar-refractivity contribution in [2.45, 2.75) is 10.9 Å². The highest BCUT2D eigenvalue weighted by atomic mass is 79.9. The lowest BCUT2D eigenvalue weighted by molar-refractivity contribution is 0.461. The van der Waals surface area contributed by atoms with Crippen molar-refractivity contribution >= 4 is 27.7 Å². The molecule has 0 aliphatic carbocycles. The summed E-state index contributed by atoms with van der Waals surface area (Å²) >= 11 is 5.24. The van der Waals surface area contributed by atoms with E-state index in [9.17, 15) is 0 Å². The molecule has 2 aromatic rings. The van der Waals surface area contributed by atoms with Gasteiger partial charge in [0.05, 0.1) is 16.8 Å². The monoisotopic (exact) mass is 311 g/mol. The lowest BCUT2D eigenvalue weighted by atomic mass is 10.1. The SMILES string of the molecule is CNC(c1ccc(SC)cc1)c1occc1Br. The Kier molecular flexibility index (Phi) is 4.31. The van der Waals surface area contributed by atoms with Crippen LogP contribution in [0.2, 0.25) is 0 Å². The van der Waals surface area contributed by atoms with Gasteiger partial charge in [0.2, 0.25) is 0 Å². The van der Waals surface area contributed by atoms with Crippen molar-refractivity contribution in [3.05, 3.63) is 52.4 Å². The molecule has 0 amide bonds. The van der Waals surface area contributed by atoms with Gasteiger partial charge in [-0.3, -0.25) is 0 Å². The number of furan rings is 1. The molecular weight excluding hydrogens is 298 g/mol. The fourth-order valence-corrected chi connectivity index (χ4v) is 2.60. The Morgan fingerprint density at radius 2 is 1.94 bits per heavy atom. The van der Waals surface area contributed by atoms with Crippen LogP contribution >= 0.6 is 27.7 Å². The molecule has 0 fully saturated rings. The third kappa shape index (κ3) is 2.76. The summed E-state index contributed by atoms with van der Waals surface area (Å²) in [4.78, 5) is 1.27. The maximum atomic E-state index is 5.51. The van der Waals surface area contributed by atoms with Crippen LogP contribution in [-0.2, 0) is 0 Å². The van der Waals surface area contributed by atoms with Crippen molar-refractivity contribution < 1.29 is 4.42 Å². The number of thioether (sulfide) groups is 1. The maximum absolute atomic E-state index is 5.51. The first-order valence-electron chi connectivity index (χ1n) is 5.30. The summed E-state index contributed by atoms with van der Waals surface area (Å²) in [5.74, 6) is 0.907. The van der Waals surface area contributed by atoms with E-state index in [0.29, 0.717) is 0 Å². The second-order valence-electron chi connectivity index (χ2n) is 3.63. The molecule has 17 heavy (non-hydrogen) atoms. The lowest BCUT2D eigenvalue weighted by Gasteiger charge is -2.15. The van der Waals surface area contributed by atoms with Gasteiger partial charge < -0.3 is 9.73 Å². The Hall–Kier alpha value is -0.710. The normalized spacial score (nSPS) is 12.6. The molecule has 4 heteroatoms. The molecule has 0 spiro atoms. The standard InChI is InChI=1S/C13H14BrNOS/c1-15-12(13-11(14)7-8-16-13)9-3-5-10(17-2)6-4-9/h3-8,12,15H,1-2H3. The largest absolute Gasteiger partial charge is 0.466 e. The van der Waals surface area contributed by atoms with Crippen molar-refractivity contribution in [2.75, 3.05) is 13.3 Å². The van der Waals surface area contributed by atoms with Crippen LogP contribution in [0.4, 0.5) is 0 Å². The van der Waals surface area contributed by atoms with Crippen LogP contribution in [0.5, 0.6) is 0 Å². The molecule has 0 saturated carbocycles. The molecule has 0 aliphatic heterocycles. The smallest absolute Gasteiger partial charge is 0.139 e. The zero-order valence-corrected chi connectivity index (χ0v) is 12.1. The molecule has 1 aromatic carbocycles. The van der Waals surface area contributed by atoms with Crippen LogP contribution in [-0.4, -0.2) is 13.3 Å². The molecule has 2 rings (SSSR count). The molecule has 1 N–H and O–H groups in total. The highest BCUT2D eigenvalue weighted by Crippen LogP contribution is 2.30. The van der Waals surface area contributed by atoms with Crippen LogP contribution < -0.4 is 5.32 Å². The van der Waals surface area contributed by atoms with Crippen LogP contribution in [0.15, 0.2) is 50.4 Å². The summed E-state index contributed by atoms with van der Waals surface area (Å²) in [5.41, 5.74) is 1.20. The third-order valence-electron chi connectivity index (χ3n) is 2.64. The summed E-state index contributed by atoms with van der Waals surface area (Å²) in [6.07, 6.45) is 3.77. The van der Waals surface area contributed by atoms with Gasteiger partial charge >= 0.3 is 0 Å². The van der Waals surface area contributed by atoms with E-state index in [4.69, 9.17) is 4.42 Å². The third-order valence-corrected chi connectivity index (χ3v) is 4.04. The second-order valence-corrected chi connectivity index (χ2v) is 5.36. The van der Waals surface area contributed by atoms with E-state index >= 15 is 0 Å². The van der Waals surface area contributed by atoms with Crippen LogP contribution in [0.1, 0.15) is 17.4 Å². The van der Waals surface area contributed by atoms with Crippen LogP contribution in [0, 0.1) is 0 Å². The molecule has 0 saturated heterocycles. The van der Waals surface area contributed by atoms with Crippen molar-refractivity contribution in [1.29, 1.82) is 0 Å². The highest BCUT2D eigenvalue weighted by Gasteiger charge is 2.17. The average molecular weight is 312 g/mol. The summed E-state index contributed by atoms with van der Waals surface area (Å²) in [7, 11) is 1.93. The molecule has 2 nitrogen and oxygen atoms in total. The zero-order chi connectivity index (χ0) is 12.3. The molecule has 0 aliphatic rings. The number of nitrogens with one attached hydrogen (secondary N) is 1. The molecule has 0 radical (unpaired) electrons. The fraction of sp³-hybridized carbons (Fsp3) is 0.231. The van der Waals surface area contributed by atoms with E-state index < -0.39 is 0 Å². The number of hydrogen-bond acceptors (Lipinski definition) is 3. The molecule has 90 valence electrons. The van der Waals surface area contributed by atoms with Crippen LogP contribution in [0.3, 0.4) is 0 Å². The van der Waals surface area contributed by atoms with Crippen molar-refractivity contribution in [3.8, 4) is 0 Å². The minimum Gasteiger partial charge on any atom is -0.466 e. The molecule has 1 unspecified atom stereocenters. The lowest BCUT2D eigenvalue weighted by Crippen LogP contribution is -2.17. The van der Waals surface area contributed by atoms with Gasteiger partial charge in [0.15, 0.2) is 0 Å². The number of hydrogen-bond donors (Lipinski definition) is 1. The molecule has 1 aromatic heterocycles. The van der Waals surface area contributed by atoms with Gasteiger partial charge in [-0.2, -0.15) is 0 Å². The Balaban J connectivity index is 2.32. The Labute approximate surface area is 114 Å². The van der Waals surface area contributed by atoms with E-state index in [1.54, 1.807) is 18.0 Å². The van der Waals surface area contributed by atoms with Crippen LogP contribution in [0.25, 0.3) is 0 Å². The Bertz CT molecular complexity index is 480. The van der Waals surface area contributed by atoms with Crippen molar-refractivity contribution in [2.24, 2.45) is 0 Å². The van der Waals surface area contributed by atoms with Crippen molar-refractivity contribution in [3.63, 3.8) is 0 Å². The Morgan fingerprint density at radius 1 is 1.24 bits per heavy atom. The van der Waals surface area contributed by atoms with Gasteiger partial charge in [0.25, 0.3) is 0 Å². The number of halogens is 1. The van der Waals surface area contributed by atoms with Gasteiger partial charge in [-0.05, 0) is 53.0 Å². The Morgan fingerprint density at radius 3 is 2.41 bits per heavy atom. The molecule has 0 bridgehead atoms.